The topological polar surface area (TPSA) is 38.9 Å². The number of hydrogen-bond acceptors (Lipinski definition) is 3. The van der Waals surface area contributed by atoms with Crippen LogP contribution < -0.4 is 0 Å². The van der Waals surface area contributed by atoms with Crippen molar-refractivity contribution in [3.8, 4) is 11.4 Å². The molecular formula is C12H10F2N2O. The highest BCUT2D eigenvalue weighted by atomic mass is 19.1. The van der Waals surface area contributed by atoms with Gasteiger partial charge in [0.25, 0.3) is 0 Å². The molecule has 0 spiro atoms. The van der Waals surface area contributed by atoms with Crippen LogP contribution in [0.15, 0.2) is 22.7 Å². The van der Waals surface area contributed by atoms with Crippen molar-refractivity contribution in [3.63, 3.8) is 0 Å². The zero-order valence-corrected chi connectivity index (χ0v) is 8.99. The fourth-order valence-electron chi connectivity index (χ4n) is 1.83. The molecule has 0 radical (unpaired) electrons. The van der Waals surface area contributed by atoms with E-state index in [0.717, 1.165) is 37.5 Å². The van der Waals surface area contributed by atoms with Gasteiger partial charge in [-0.2, -0.15) is 4.98 Å². The highest BCUT2D eigenvalue weighted by molar-refractivity contribution is 5.55. The molecule has 1 saturated carbocycles. The molecule has 0 amide bonds. The highest BCUT2D eigenvalue weighted by Gasteiger charge is 2.26. The molecule has 2 aromatic rings. The van der Waals surface area contributed by atoms with Crippen LogP contribution in [-0.4, -0.2) is 10.1 Å². The maximum Gasteiger partial charge on any atom is 0.230 e. The summed E-state index contributed by atoms with van der Waals surface area (Å²) in [6.07, 6.45) is 3.19. The van der Waals surface area contributed by atoms with E-state index in [9.17, 15) is 8.78 Å². The summed E-state index contributed by atoms with van der Waals surface area (Å²) >= 11 is 0. The molecule has 1 aliphatic rings. The molecule has 3 rings (SSSR count). The number of rotatable bonds is 2. The maximum absolute atomic E-state index is 13.5. The Morgan fingerprint density at radius 1 is 1.24 bits per heavy atom. The molecule has 0 aliphatic heterocycles. The Bertz CT molecular complexity index is 549. The van der Waals surface area contributed by atoms with Crippen LogP contribution in [0.3, 0.4) is 0 Å². The maximum atomic E-state index is 13.5. The van der Waals surface area contributed by atoms with Gasteiger partial charge in [0.1, 0.15) is 11.6 Å². The van der Waals surface area contributed by atoms with Gasteiger partial charge in [-0.3, -0.25) is 0 Å². The molecule has 5 heteroatoms. The molecule has 1 heterocycles. The zero-order valence-electron chi connectivity index (χ0n) is 8.99. The van der Waals surface area contributed by atoms with Crippen molar-refractivity contribution in [3.05, 3.63) is 35.7 Å². The SMILES string of the molecule is Fc1ccc(F)c(-c2noc(C3CCC3)n2)c1. The molecule has 88 valence electrons. The number of halogens is 2. The number of benzene rings is 1. The van der Waals surface area contributed by atoms with Gasteiger partial charge in [-0.1, -0.05) is 11.6 Å². The van der Waals surface area contributed by atoms with Gasteiger partial charge >= 0.3 is 0 Å². The van der Waals surface area contributed by atoms with E-state index in [-0.39, 0.29) is 17.3 Å². The van der Waals surface area contributed by atoms with Gasteiger partial charge in [-0.15, -0.1) is 0 Å². The van der Waals surface area contributed by atoms with Crippen molar-refractivity contribution in [2.45, 2.75) is 25.2 Å². The van der Waals surface area contributed by atoms with Gasteiger partial charge in [-0.25, -0.2) is 8.78 Å². The molecule has 0 bridgehead atoms. The minimum Gasteiger partial charge on any atom is -0.339 e. The fraction of sp³-hybridized carbons (Fsp3) is 0.333. The van der Waals surface area contributed by atoms with Gasteiger partial charge in [0.2, 0.25) is 11.7 Å². The lowest BCUT2D eigenvalue weighted by Gasteiger charge is -2.20. The molecule has 3 nitrogen and oxygen atoms in total. The first-order valence-electron chi connectivity index (χ1n) is 5.53. The van der Waals surface area contributed by atoms with Crippen LogP contribution in [-0.2, 0) is 0 Å². The van der Waals surface area contributed by atoms with Crippen molar-refractivity contribution in [2.24, 2.45) is 0 Å². The van der Waals surface area contributed by atoms with E-state index in [0.29, 0.717) is 5.89 Å². The van der Waals surface area contributed by atoms with Crippen LogP contribution in [0.1, 0.15) is 31.1 Å². The summed E-state index contributed by atoms with van der Waals surface area (Å²) in [6.45, 7) is 0. The van der Waals surface area contributed by atoms with Gasteiger partial charge < -0.3 is 4.52 Å². The summed E-state index contributed by atoms with van der Waals surface area (Å²) in [4.78, 5) is 4.12. The van der Waals surface area contributed by atoms with Gasteiger partial charge in [0.15, 0.2) is 0 Å². The molecule has 1 aromatic carbocycles. The minimum atomic E-state index is -0.549. The third kappa shape index (κ3) is 1.81. The molecule has 0 unspecified atom stereocenters. The second kappa shape index (κ2) is 3.91. The van der Waals surface area contributed by atoms with E-state index in [4.69, 9.17) is 4.52 Å². The summed E-state index contributed by atoms with van der Waals surface area (Å²) in [6, 6.07) is 3.19. The number of aromatic nitrogens is 2. The average molecular weight is 236 g/mol. The van der Waals surface area contributed by atoms with E-state index < -0.39 is 11.6 Å². The van der Waals surface area contributed by atoms with Crippen molar-refractivity contribution in [1.29, 1.82) is 0 Å². The summed E-state index contributed by atoms with van der Waals surface area (Å²) in [5.41, 5.74) is 0.0410. The molecule has 1 aromatic heterocycles. The van der Waals surface area contributed by atoms with Crippen molar-refractivity contribution >= 4 is 0 Å². The second-order valence-electron chi connectivity index (χ2n) is 4.21. The molecule has 1 fully saturated rings. The Kier molecular flexibility index (Phi) is 2.39. The summed E-state index contributed by atoms with van der Waals surface area (Å²) in [5.74, 6) is -0.143. The minimum absolute atomic E-state index is 0.0410. The standard InChI is InChI=1S/C12H10F2N2O/c13-8-4-5-10(14)9(6-8)11-15-12(17-16-11)7-2-1-3-7/h4-7H,1-3H2. The summed E-state index contributed by atoms with van der Waals surface area (Å²) < 4.78 is 31.6. The monoisotopic (exact) mass is 236 g/mol. The first-order valence-corrected chi connectivity index (χ1v) is 5.53. The zero-order chi connectivity index (χ0) is 11.8. The summed E-state index contributed by atoms with van der Waals surface area (Å²) in [5, 5.41) is 3.70. The van der Waals surface area contributed by atoms with Crippen LogP contribution >= 0.6 is 0 Å². The normalized spacial score (nSPS) is 15.9. The van der Waals surface area contributed by atoms with Crippen LogP contribution in [0.2, 0.25) is 0 Å². The first-order chi connectivity index (χ1) is 8.24. The van der Waals surface area contributed by atoms with E-state index >= 15 is 0 Å². The van der Waals surface area contributed by atoms with Crippen molar-refractivity contribution < 1.29 is 13.3 Å². The van der Waals surface area contributed by atoms with Crippen LogP contribution in [0.5, 0.6) is 0 Å². The van der Waals surface area contributed by atoms with E-state index in [1.807, 2.05) is 0 Å². The Labute approximate surface area is 96.5 Å². The average Bonchev–Trinajstić information content (AvgIpc) is 2.68. The lowest BCUT2D eigenvalue weighted by molar-refractivity contribution is 0.292. The van der Waals surface area contributed by atoms with Gasteiger partial charge in [0.05, 0.1) is 5.56 Å². The third-order valence-electron chi connectivity index (χ3n) is 3.07. The predicted octanol–water partition coefficient (Wildman–Crippen LogP) is 3.28. The third-order valence-corrected chi connectivity index (χ3v) is 3.07. The van der Waals surface area contributed by atoms with Crippen LogP contribution in [0.4, 0.5) is 8.78 Å². The smallest absolute Gasteiger partial charge is 0.230 e. The first kappa shape index (κ1) is 10.4. The molecule has 17 heavy (non-hydrogen) atoms. The van der Waals surface area contributed by atoms with E-state index in [1.165, 1.54) is 0 Å². The number of hydrogen-bond donors (Lipinski definition) is 0. The molecular weight excluding hydrogens is 226 g/mol. The summed E-state index contributed by atoms with van der Waals surface area (Å²) in [7, 11) is 0. The van der Waals surface area contributed by atoms with Crippen molar-refractivity contribution in [1.82, 2.24) is 10.1 Å². The Balaban J connectivity index is 1.97. The van der Waals surface area contributed by atoms with Crippen LogP contribution in [0, 0.1) is 11.6 Å². The Morgan fingerprint density at radius 2 is 2.06 bits per heavy atom. The Hall–Kier alpha value is -1.78. The lowest BCUT2D eigenvalue weighted by Crippen LogP contribution is -2.08. The quantitative estimate of drug-likeness (QED) is 0.803. The Morgan fingerprint density at radius 3 is 2.76 bits per heavy atom. The fourth-order valence-corrected chi connectivity index (χ4v) is 1.83. The highest BCUT2D eigenvalue weighted by Crippen LogP contribution is 2.36. The van der Waals surface area contributed by atoms with Gasteiger partial charge in [0, 0.05) is 5.92 Å². The van der Waals surface area contributed by atoms with E-state index in [2.05, 4.69) is 10.1 Å². The lowest BCUT2D eigenvalue weighted by atomic mass is 9.85. The molecule has 0 atom stereocenters. The van der Waals surface area contributed by atoms with Crippen LogP contribution in [0.25, 0.3) is 11.4 Å². The number of nitrogens with zero attached hydrogens (tertiary/aromatic N) is 2. The predicted molar refractivity (Wildman–Crippen MR) is 56.2 cm³/mol. The second-order valence-corrected chi connectivity index (χ2v) is 4.21. The molecule has 1 aliphatic carbocycles. The van der Waals surface area contributed by atoms with Crippen molar-refractivity contribution in [2.75, 3.05) is 0 Å². The van der Waals surface area contributed by atoms with E-state index in [1.54, 1.807) is 0 Å². The molecule has 0 saturated heterocycles. The van der Waals surface area contributed by atoms with Gasteiger partial charge in [-0.05, 0) is 31.0 Å². The largest absolute Gasteiger partial charge is 0.339 e. The molecule has 0 N–H and O–H groups in total.